The molecule has 140 valence electrons. The van der Waals surface area contributed by atoms with E-state index in [2.05, 4.69) is 0 Å². The van der Waals surface area contributed by atoms with Gasteiger partial charge in [-0.25, -0.2) is 0 Å². The molecule has 1 aliphatic rings. The van der Waals surface area contributed by atoms with Crippen molar-refractivity contribution in [2.24, 2.45) is 0 Å². The van der Waals surface area contributed by atoms with Gasteiger partial charge in [-0.1, -0.05) is 49.6 Å². The quantitative estimate of drug-likeness (QED) is 0.785. The minimum Gasteiger partial charge on any atom is -0.493 e. The molecule has 0 radical (unpaired) electrons. The fourth-order valence-corrected chi connectivity index (χ4v) is 3.46. The Kier molecular flexibility index (Phi) is 6.53. The van der Waals surface area contributed by atoms with Gasteiger partial charge in [-0.3, -0.25) is 0 Å². The van der Waals surface area contributed by atoms with Crippen LogP contribution in [0.4, 0.5) is 0 Å². The summed E-state index contributed by atoms with van der Waals surface area (Å²) in [5.41, 5.74) is 2.76. The molecular formula is C22H28O4. The summed E-state index contributed by atoms with van der Waals surface area (Å²) >= 11 is 0. The molecule has 0 bridgehead atoms. The van der Waals surface area contributed by atoms with Gasteiger partial charge < -0.3 is 19.3 Å². The highest BCUT2D eigenvalue weighted by Gasteiger charge is 2.15. The molecule has 0 aliphatic heterocycles. The Morgan fingerprint density at radius 3 is 2.19 bits per heavy atom. The third-order valence-corrected chi connectivity index (χ3v) is 5.06. The summed E-state index contributed by atoms with van der Waals surface area (Å²) in [5, 5.41) is 10.7. The van der Waals surface area contributed by atoms with Gasteiger partial charge in [0.2, 0.25) is 0 Å². The van der Waals surface area contributed by atoms with E-state index in [1.54, 1.807) is 14.2 Å². The minimum absolute atomic E-state index is 0.404. The maximum Gasteiger partial charge on any atom is 0.161 e. The first-order chi connectivity index (χ1) is 12.7. The van der Waals surface area contributed by atoms with Gasteiger partial charge in [0.05, 0.1) is 26.9 Å². The third-order valence-electron chi connectivity index (χ3n) is 5.06. The van der Waals surface area contributed by atoms with Crippen LogP contribution in [0.15, 0.2) is 42.5 Å². The minimum atomic E-state index is -0.705. The van der Waals surface area contributed by atoms with Crippen molar-refractivity contribution in [2.75, 3.05) is 14.2 Å². The zero-order valence-corrected chi connectivity index (χ0v) is 15.6. The van der Waals surface area contributed by atoms with E-state index in [1.807, 2.05) is 42.5 Å². The molecule has 0 amide bonds. The normalized spacial score (nSPS) is 16.3. The number of hydrogen-bond donors (Lipinski definition) is 1. The van der Waals surface area contributed by atoms with Gasteiger partial charge >= 0.3 is 0 Å². The smallest absolute Gasteiger partial charge is 0.161 e. The second-order valence-electron chi connectivity index (χ2n) is 6.83. The Hall–Kier alpha value is -2.04. The van der Waals surface area contributed by atoms with Crippen molar-refractivity contribution < 1.29 is 19.3 Å². The Morgan fingerprint density at radius 1 is 0.885 bits per heavy atom. The van der Waals surface area contributed by atoms with E-state index < -0.39 is 6.10 Å². The lowest BCUT2D eigenvalue weighted by Crippen LogP contribution is -2.16. The molecule has 4 nitrogen and oxygen atoms in total. The molecule has 1 aliphatic carbocycles. The lowest BCUT2D eigenvalue weighted by Gasteiger charge is -2.22. The molecule has 0 spiro atoms. The van der Waals surface area contributed by atoms with Gasteiger partial charge in [0, 0.05) is 0 Å². The monoisotopic (exact) mass is 356 g/mol. The first kappa shape index (κ1) is 18.7. The molecule has 1 saturated carbocycles. The van der Waals surface area contributed by atoms with E-state index >= 15 is 0 Å². The average Bonchev–Trinajstić information content (AvgIpc) is 2.72. The predicted molar refractivity (Wildman–Crippen MR) is 102 cm³/mol. The molecule has 1 unspecified atom stereocenters. The molecule has 2 aromatic carbocycles. The molecule has 0 aromatic heterocycles. The number of hydrogen-bond acceptors (Lipinski definition) is 4. The standard InChI is InChI=1S/C22H28O4/c1-24-20-13-12-18(14-21(20)25-2)22(23)17-10-8-16(9-11-17)15-26-19-6-4-3-5-7-19/h8-14,19,22-23H,3-7,15H2,1-2H3. The highest BCUT2D eigenvalue weighted by Crippen LogP contribution is 2.32. The molecule has 1 fully saturated rings. The number of rotatable bonds is 7. The fraction of sp³-hybridized carbons (Fsp3) is 0.455. The summed E-state index contributed by atoms with van der Waals surface area (Å²) in [4.78, 5) is 0. The van der Waals surface area contributed by atoms with Crippen LogP contribution >= 0.6 is 0 Å². The number of ether oxygens (including phenoxy) is 3. The van der Waals surface area contributed by atoms with E-state index in [9.17, 15) is 5.11 Å². The Bertz CT molecular complexity index is 690. The number of aliphatic hydroxyl groups is 1. The summed E-state index contributed by atoms with van der Waals surface area (Å²) in [5.74, 6) is 1.26. The van der Waals surface area contributed by atoms with Crippen LogP contribution in [0, 0.1) is 0 Å². The van der Waals surface area contributed by atoms with E-state index in [-0.39, 0.29) is 0 Å². The highest BCUT2D eigenvalue weighted by atomic mass is 16.5. The molecule has 1 atom stereocenters. The second kappa shape index (κ2) is 9.06. The van der Waals surface area contributed by atoms with Crippen LogP contribution in [0.25, 0.3) is 0 Å². The maximum atomic E-state index is 10.7. The van der Waals surface area contributed by atoms with Gasteiger partial charge in [0.25, 0.3) is 0 Å². The Labute approximate surface area is 155 Å². The summed E-state index contributed by atoms with van der Waals surface area (Å²) in [6.45, 7) is 0.636. The second-order valence-corrected chi connectivity index (χ2v) is 6.83. The summed E-state index contributed by atoms with van der Waals surface area (Å²) in [7, 11) is 3.19. The van der Waals surface area contributed by atoms with E-state index in [0.29, 0.717) is 24.2 Å². The van der Waals surface area contributed by atoms with Crippen molar-refractivity contribution >= 4 is 0 Å². The lowest BCUT2D eigenvalue weighted by molar-refractivity contribution is 0.0168. The largest absolute Gasteiger partial charge is 0.493 e. The Morgan fingerprint density at radius 2 is 1.54 bits per heavy atom. The maximum absolute atomic E-state index is 10.7. The highest BCUT2D eigenvalue weighted by molar-refractivity contribution is 5.45. The number of aliphatic hydroxyl groups excluding tert-OH is 1. The first-order valence-corrected chi connectivity index (χ1v) is 9.31. The van der Waals surface area contributed by atoms with Crippen LogP contribution in [0.1, 0.15) is 54.9 Å². The van der Waals surface area contributed by atoms with E-state index in [4.69, 9.17) is 14.2 Å². The summed E-state index contributed by atoms with van der Waals surface area (Å²) in [6, 6.07) is 13.5. The zero-order chi connectivity index (χ0) is 18.4. The number of benzene rings is 2. The van der Waals surface area contributed by atoms with Crippen LogP contribution in [-0.4, -0.2) is 25.4 Å². The predicted octanol–water partition coefficient (Wildman–Crippen LogP) is 4.63. The van der Waals surface area contributed by atoms with E-state index in [0.717, 1.165) is 16.7 Å². The van der Waals surface area contributed by atoms with Crippen LogP contribution in [0.2, 0.25) is 0 Å². The molecule has 4 heteroatoms. The van der Waals surface area contributed by atoms with Crippen molar-refractivity contribution in [2.45, 2.75) is 50.9 Å². The van der Waals surface area contributed by atoms with E-state index in [1.165, 1.54) is 32.1 Å². The van der Waals surface area contributed by atoms with Gasteiger partial charge in [0.15, 0.2) is 11.5 Å². The molecular weight excluding hydrogens is 328 g/mol. The van der Waals surface area contributed by atoms with Gasteiger partial charge in [-0.2, -0.15) is 0 Å². The molecule has 3 rings (SSSR count). The molecule has 0 heterocycles. The topological polar surface area (TPSA) is 47.9 Å². The van der Waals surface area contributed by atoms with Crippen molar-refractivity contribution in [3.05, 3.63) is 59.2 Å². The molecule has 0 saturated heterocycles. The number of methoxy groups -OCH3 is 2. The van der Waals surface area contributed by atoms with Gasteiger partial charge in [-0.15, -0.1) is 0 Å². The van der Waals surface area contributed by atoms with Crippen molar-refractivity contribution in [1.82, 2.24) is 0 Å². The summed E-state index contributed by atoms with van der Waals surface area (Å²) in [6.07, 6.45) is 5.95. The van der Waals surface area contributed by atoms with Crippen LogP contribution in [0.5, 0.6) is 11.5 Å². The molecule has 26 heavy (non-hydrogen) atoms. The van der Waals surface area contributed by atoms with Gasteiger partial charge in [-0.05, 0) is 41.7 Å². The van der Waals surface area contributed by atoms with Crippen LogP contribution < -0.4 is 9.47 Å². The fourth-order valence-electron chi connectivity index (χ4n) is 3.46. The first-order valence-electron chi connectivity index (χ1n) is 9.31. The molecule has 2 aromatic rings. The van der Waals surface area contributed by atoms with Gasteiger partial charge in [0.1, 0.15) is 6.10 Å². The van der Waals surface area contributed by atoms with Crippen molar-refractivity contribution in [3.63, 3.8) is 0 Å². The molecule has 1 N–H and O–H groups in total. The average molecular weight is 356 g/mol. The zero-order valence-electron chi connectivity index (χ0n) is 15.6. The third kappa shape index (κ3) is 4.57. The van der Waals surface area contributed by atoms with Crippen molar-refractivity contribution in [3.8, 4) is 11.5 Å². The van der Waals surface area contributed by atoms with Crippen LogP contribution in [-0.2, 0) is 11.3 Å². The SMILES string of the molecule is COc1ccc(C(O)c2ccc(COC3CCCCC3)cc2)cc1OC. The lowest BCUT2D eigenvalue weighted by atomic mass is 9.97. The van der Waals surface area contributed by atoms with Crippen molar-refractivity contribution in [1.29, 1.82) is 0 Å². The van der Waals surface area contributed by atoms with Crippen LogP contribution in [0.3, 0.4) is 0 Å². The Balaban J connectivity index is 1.63. The summed E-state index contributed by atoms with van der Waals surface area (Å²) < 4.78 is 16.6.